The van der Waals surface area contributed by atoms with Crippen molar-refractivity contribution in [1.29, 1.82) is 0 Å². The molecule has 3 rings (SSSR count). The highest BCUT2D eigenvalue weighted by molar-refractivity contribution is 7.89. The van der Waals surface area contributed by atoms with Crippen LogP contribution in [0.1, 0.15) is 17.2 Å². The van der Waals surface area contributed by atoms with Crippen LogP contribution >= 0.6 is 0 Å². The Kier molecular flexibility index (Phi) is 5.22. The van der Waals surface area contributed by atoms with Crippen molar-refractivity contribution in [2.75, 3.05) is 13.7 Å². The molecule has 0 aliphatic carbocycles. The van der Waals surface area contributed by atoms with Gasteiger partial charge in [0.25, 0.3) is 0 Å². The minimum Gasteiger partial charge on any atom is -0.496 e. The molecule has 0 amide bonds. The van der Waals surface area contributed by atoms with Gasteiger partial charge >= 0.3 is 0 Å². The van der Waals surface area contributed by atoms with Crippen molar-refractivity contribution >= 4 is 10.0 Å². The lowest BCUT2D eigenvalue weighted by molar-refractivity contribution is 0.102. The zero-order chi connectivity index (χ0) is 17.9. The molecule has 25 heavy (non-hydrogen) atoms. The third kappa shape index (κ3) is 3.92. The second kappa shape index (κ2) is 7.39. The highest BCUT2D eigenvalue weighted by atomic mass is 32.2. The Morgan fingerprint density at radius 1 is 1.16 bits per heavy atom. The maximum absolute atomic E-state index is 12.9. The molecule has 0 unspecified atom stereocenters. The molecule has 2 aromatic carbocycles. The van der Waals surface area contributed by atoms with Gasteiger partial charge in [0.15, 0.2) is 0 Å². The number of para-hydroxylation sites is 1. The molecule has 0 spiro atoms. The summed E-state index contributed by atoms with van der Waals surface area (Å²) in [6, 6.07) is 13.5. The number of aryl methyl sites for hydroxylation is 1. The summed E-state index contributed by atoms with van der Waals surface area (Å²) >= 11 is 0. The molecule has 0 saturated heterocycles. The van der Waals surface area contributed by atoms with Gasteiger partial charge in [-0.15, -0.1) is 0 Å². The molecule has 1 heterocycles. The summed E-state index contributed by atoms with van der Waals surface area (Å²) in [4.78, 5) is 0.222. The molecule has 5 nitrogen and oxygen atoms in total. The first-order valence-electron chi connectivity index (χ1n) is 8.01. The Morgan fingerprint density at radius 2 is 1.88 bits per heavy atom. The summed E-state index contributed by atoms with van der Waals surface area (Å²) < 4.78 is 39.6. The first kappa shape index (κ1) is 17.7. The molecule has 0 saturated carbocycles. The van der Waals surface area contributed by atoms with Gasteiger partial charge in [-0.2, -0.15) is 0 Å². The van der Waals surface area contributed by atoms with Crippen LogP contribution in [-0.4, -0.2) is 28.2 Å². The molecule has 1 aliphatic heterocycles. The smallest absolute Gasteiger partial charge is 0.241 e. The third-order valence-electron chi connectivity index (χ3n) is 4.13. The molecular formula is C19H21NO4S. The van der Waals surface area contributed by atoms with E-state index in [1.807, 2.05) is 37.3 Å². The summed E-state index contributed by atoms with van der Waals surface area (Å²) in [5.74, 6) is 0.614. The average Bonchev–Trinajstić information content (AvgIpc) is 3.14. The van der Waals surface area contributed by atoms with Crippen molar-refractivity contribution in [2.24, 2.45) is 0 Å². The third-order valence-corrected chi connectivity index (χ3v) is 5.58. The van der Waals surface area contributed by atoms with Crippen LogP contribution in [0.2, 0.25) is 0 Å². The van der Waals surface area contributed by atoms with Crippen LogP contribution in [0.15, 0.2) is 65.6 Å². The predicted octanol–water partition coefficient (Wildman–Crippen LogP) is 2.98. The van der Waals surface area contributed by atoms with Crippen LogP contribution in [0.25, 0.3) is 0 Å². The van der Waals surface area contributed by atoms with Gasteiger partial charge in [0.1, 0.15) is 5.75 Å². The fraction of sp³-hybridized carbons (Fsp3) is 0.263. The lowest BCUT2D eigenvalue weighted by Gasteiger charge is -2.25. The van der Waals surface area contributed by atoms with Crippen LogP contribution < -0.4 is 9.46 Å². The van der Waals surface area contributed by atoms with Crippen molar-refractivity contribution < 1.29 is 17.9 Å². The van der Waals surface area contributed by atoms with E-state index in [2.05, 4.69) is 4.72 Å². The topological polar surface area (TPSA) is 64.6 Å². The number of sulfonamides is 1. The first-order chi connectivity index (χ1) is 12.0. The Bertz CT molecular complexity index is 859. The van der Waals surface area contributed by atoms with Gasteiger partial charge in [-0.05, 0) is 25.1 Å². The maximum atomic E-state index is 12.9. The van der Waals surface area contributed by atoms with E-state index < -0.39 is 22.2 Å². The van der Waals surface area contributed by atoms with Gasteiger partial charge in [0.2, 0.25) is 10.0 Å². The van der Waals surface area contributed by atoms with Gasteiger partial charge in [-0.25, -0.2) is 13.1 Å². The summed E-state index contributed by atoms with van der Waals surface area (Å²) in [7, 11) is -2.14. The highest BCUT2D eigenvalue weighted by Crippen LogP contribution is 2.31. The molecule has 0 fully saturated rings. The Morgan fingerprint density at radius 3 is 2.52 bits per heavy atom. The maximum Gasteiger partial charge on any atom is 0.241 e. The monoisotopic (exact) mass is 359 g/mol. The predicted molar refractivity (Wildman–Crippen MR) is 96.1 cm³/mol. The molecule has 2 aromatic rings. The second-order valence-electron chi connectivity index (χ2n) is 5.88. The molecular weight excluding hydrogens is 338 g/mol. The minimum absolute atomic E-state index is 0.222. The zero-order valence-corrected chi connectivity index (χ0v) is 15.0. The number of methoxy groups -OCH3 is 1. The molecule has 0 aromatic heterocycles. The molecule has 2 atom stereocenters. The standard InChI is InChI=1S/C19H21NO4S/c1-14-9-11-15(12-10-14)25(21,22)20-19(18-8-5-13-24-18)16-6-3-4-7-17(16)23-2/h3-12,18-20H,13H2,1-2H3/t18-,19-/m0/s1. The number of hydrogen-bond acceptors (Lipinski definition) is 4. The van der Waals surface area contributed by atoms with E-state index in [1.165, 1.54) is 0 Å². The van der Waals surface area contributed by atoms with Gasteiger partial charge in [0, 0.05) is 5.56 Å². The first-order valence-corrected chi connectivity index (χ1v) is 9.50. The Labute approximate surface area is 148 Å². The summed E-state index contributed by atoms with van der Waals surface area (Å²) in [6.07, 6.45) is 3.36. The van der Waals surface area contributed by atoms with Crippen molar-refractivity contribution in [2.45, 2.75) is 24.0 Å². The lowest BCUT2D eigenvalue weighted by atomic mass is 10.0. The molecule has 1 N–H and O–H groups in total. The van der Waals surface area contributed by atoms with E-state index in [4.69, 9.17) is 9.47 Å². The van der Waals surface area contributed by atoms with Gasteiger partial charge in [-0.3, -0.25) is 0 Å². The lowest BCUT2D eigenvalue weighted by Crippen LogP contribution is -2.36. The van der Waals surface area contributed by atoms with E-state index in [1.54, 1.807) is 37.4 Å². The van der Waals surface area contributed by atoms with Crippen molar-refractivity contribution in [1.82, 2.24) is 4.72 Å². The van der Waals surface area contributed by atoms with Crippen LogP contribution in [0.3, 0.4) is 0 Å². The summed E-state index contributed by atoms with van der Waals surface area (Å²) in [6.45, 7) is 2.38. The van der Waals surface area contributed by atoms with Gasteiger partial charge < -0.3 is 9.47 Å². The van der Waals surface area contributed by atoms with Gasteiger partial charge in [0.05, 0.1) is 30.8 Å². The number of benzene rings is 2. The van der Waals surface area contributed by atoms with Crippen LogP contribution in [-0.2, 0) is 14.8 Å². The Hall–Kier alpha value is -2.15. The van der Waals surface area contributed by atoms with Crippen molar-refractivity contribution in [3.05, 3.63) is 71.8 Å². The van der Waals surface area contributed by atoms with Crippen LogP contribution in [0.5, 0.6) is 5.75 Å². The van der Waals surface area contributed by atoms with Crippen LogP contribution in [0.4, 0.5) is 0 Å². The summed E-state index contributed by atoms with van der Waals surface area (Å²) in [5, 5.41) is 0. The van der Waals surface area contributed by atoms with E-state index in [9.17, 15) is 8.42 Å². The fourth-order valence-electron chi connectivity index (χ4n) is 2.80. The largest absolute Gasteiger partial charge is 0.496 e. The molecule has 0 radical (unpaired) electrons. The number of rotatable bonds is 6. The molecule has 132 valence electrons. The normalized spacial score (nSPS) is 18.2. The molecule has 6 heteroatoms. The minimum atomic E-state index is -3.71. The quantitative estimate of drug-likeness (QED) is 0.806. The van der Waals surface area contributed by atoms with E-state index in [0.717, 1.165) is 11.1 Å². The fourth-order valence-corrected chi connectivity index (χ4v) is 4.03. The number of ether oxygens (including phenoxy) is 2. The number of nitrogens with one attached hydrogen (secondary N) is 1. The highest BCUT2D eigenvalue weighted by Gasteiger charge is 2.31. The summed E-state index contributed by atoms with van der Waals surface area (Å²) in [5.41, 5.74) is 1.74. The Balaban J connectivity index is 1.98. The zero-order valence-electron chi connectivity index (χ0n) is 14.2. The molecule has 1 aliphatic rings. The van der Waals surface area contributed by atoms with Gasteiger partial charge in [-0.1, -0.05) is 48.0 Å². The van der Waals surface area contributed by atoms with Crippen molar-refractivity contribution in [3.63, 3.8) is 0 Å². The number of hydrogen-bond donors (Lipinski definition) is 1. The SMILES string of the molecule is COc1ccccc1[C@H](NS(=O)(=O)c1ccc(C)cc1)[C@@H]1C=CCO1. The molecule has 0 bridgehead atoms. The van der Waals surface area contributed by atoms with Crippen molar-refractivity contribution in [3.8, 4) is 5.75 Å². The van der Waals surface area contributed by atoms with E-state index >= 15 is 0 Å². The van der Waals surface area contributed by atoms with Crippen LogP contribution in [0, 0.1) is 6.92 Å². The second-order valence-corrected chi connectivity index (χ2v) is 7.59. The average molecular weight is 359 g/mol. The van der Waals surface area contributed by atoms with E-state index in [0.29, 0.717) is 12.4 Å². The van der Waals surface area contributed by atoms with E-state index in [-0.39, 0.29) is 4.90 Å².